The normalized spacial score (nSPS) is 18.4. The third kappa shape index (κ3) is 12.2. The zero-order chi connectivity index (χ0) is 41.6. The third-order valence-electron chi connectivity index (χ3n) is 8.20. The van der Waals surface area contributed by atoms with Gasteiger partial charge < -0.3 is 50.7 Å². The number of benzene rings is 2. The van der Waals surface area contributed by atoms with Crippen LogP contribution in [0.1, 0.15) is 13.8 Å². The number of cyclic esters (lactones) is 2. The Bertz CT molecular complexity index is 1870. The smallest absolute Gasteiger partial charge is 0.414 e. The number of aliphatic hydroxyl groups excluding tert-OH is 2. The topological polar surface area (TPSA) is 259 Å². The molecule has 0 unspecified atom stereocenters. The van der Waals surface area contributed by atoms with Crippen molar-refractivity contribution in [3.8, 4) is 0 Å². The van der Waals surface area contributed by atoms with Gasteiger partial charge in [0.05, 0.1) is 62.0 Å². The summed E-state index contributed by atoms with van der Waals surface area (Å²) >= 11 is 0. The van der Waals surface area contributed by atoms with Gasteiger partial charge in [0.1, 0.15) is 49.7 Å². The molecule has 5 amide bonds. The number of carbonyl (C=O) groups excluding carboxylic acids is 5. The maximum Gasteiger partial charge on any atom is 0.414 e. The van der Waals surface area contributed by atoms with Gasteiger partial charge in [-0.2, -0.15) is 10.2 Å². The molecule has 4 heterocycles. The number of hydrazone groups is 2. The zero-order valence-electron chi connectivity index (χ0n) is 30.8. The minimum absolute atomic E-state index is 0.186. The van der Waals surface area contributed by atoms with E-state index in [-0.39, 0.29) is 50.2 Å². The SMILES string of the molecule is CC(=O)NC[C@H]1CN(c2ccc(N3C=NN(C(=O)CO)CC3)c(F)c2)C(=O)O1.CC(=O)NC[C@H]1CN(c2ccc(N3C=NNCC3)c(F)c2)C(=O)O1.O=C(O)CO. The Morgan fingerprint density at radius 1 is 0.789 bits per heavy atom. The van der Waals surface area contributed by atoms with E-state index < -0.39 is 61.1 Å². The molecule has 4 aliphatic rings. The van der Waals surface area contributed by atoms with E-state index in [1.165, 1.54) is 59.4 Å². The molecule has 0 spiro atoms. The number of carboxylic acids is 1. The monoisotopic (exact) mass is 804 g/mol. The molecule has 2 atom stereocenters. The van der Waals surface area contributed by atoms with Crippen LogP contribution in [0, 0.1) is 11.6 Å². The van der Waals surface area contributed by atoms with Gasteiger partial charge in [0, 0.05) is 26.9 Å². The summed E-state index contributed by atoms with van der Waals surface area (Å²) in [5, 5.41) is 37.9. The van der Waals surface area contributed by atoms with Crippen molar-refractivity contribution < 1.29 is 62.3 Å². The quantitative estimate of drug-likeness (QED) is 0.178. The van der Waals surface area contributed by atoms with Gasteiger partial charge in [-0.3, -0.25) is 24.2 Å². The second-order valence-corrected chi connectivity index (χ2v) is 12.4. The summed E-state index contributed by atoms with van der Waals surface area (Å²) in [4.78, 5) is 72.3. The van der Waals surface area contributed by atoms with Gasteiger partial charge in [-0.1, -0.05) is 0 Å². The van der Waals surface area contributed by atoms with Crippen LogP contribution in [0.15, 0.2) is 46.6 Å². The van der Waals surface area contributed by atoms with Crippen molar-refractivity contribution in [3.05, 3.63) is 48.0 Å². The van der Waals surface area contributed by atoms with Crippen LogP contribution in [0.5, 0.6) is 0 Å². The van der Waals surface area contributed by atoms with Gasteiger partial charge in [-0.05, 0) is 36.4 Å². The van der Waals surface area contributed by atoms with Crippen molar-refractivity contribution in [1.29, 1.82) is 0 Å². The van der Waals surface area contributed by atoms with E-state index in [2.05, 4.69) is 26.3 Å². The Balaban J connectivity index is 0.000000228. The molecule has 0 bridgehead atoms. The molecule has 2 saturated heterocycles. The zero-order valence-corrected chi connectivity index (χ0v) is 30.8. The minimum Gasteiger partial charge on any atom is -0.480 e. The maximum absolute atomic E-state index is 14.6. The molecule has 0 aromatic heterocycles. The number of ether oxygens (including phenoxy) is 2. The predicted octanol–water partition coefficient (Wildman–Crippen LogP) is -0.426. The van der Waals surface area contributed by atoms with Gasteiger partial charge in [0.15, 0.2) is 0 Å². The average molecular weight is 805 g/mol. The molecule has 57 heavy (non-hydrogen) atoms. The van der Waals surface area contributed by atoms with Crippen LogP contribution in [0.4, 0.5) is 41.1 Å². The van der Waals surface area contributed by atoms with Gasteiger partial charge in [0.25, 0.3) is 5.91 Å². The van der Waals surface area contributed by atoms with E-state index in [9.17, 15) is 32.8 Å². The van der Waals surface area contributed by atoms with Crippen molar-refractivity contribution in [2.75, 3.05) is 85.2 Å². The van der Waals surface area contributed by atoms with Gasteiger partial charge in [-0.25, -0.2) is 28.2 Å². The molecule has 308 valence electrons. The first kappa shape index (κ1) is 43.1. The number of nitrogens with zero attached hydrogens (tertiary/aromatic N) is 7. The Kier molecular flexibility index (Phi) is 15.4. The van der Waals surface area contributed by atoms with Crippen molar-refractivity contribution in [1.82, 2.24) is 21.1 Å². The summed E-state index contributed by atoms with van der Waals surface area (Å²) in [5.41, 5.74) is 4.18. The maximum atomic E-state index is 14.6. The molecule has 0 radical (unpaired) electrons. The van der Waals surface area contributed by atoms with Crippen LogP contribution in [0.3, 0.4) is 0 Å². The summed E-state index contributed by atoms with van der Waals surface area (Å²) < 4.78 is 39.4. The molecular weight excluding hydrogens is 762 g/mol. The van der Waals surface area contributed by atoms with Crippen molar-refractivity contribution in [3.63, 3.8) is 0 Å². The number of anilines is 4. The molecule has 6 N–H and O–H groups in total. The predicted molar refractivity (Wildman–Crippen MR) is 199 cm³/mol. The van der Waals surface area contributed by atoms with Crippen LogP contribution >= 0.6 is 0 Å². The fourth-order valence-electron chi connectivity index (χ4n) is 5.47. The highest BCUT2D eigenvalue weighted by atomic mass is 19.1. The Morgan fingerprint density at radius 3 is 1.65 bits per heavy atom. The lowest BCUT2D eigenvalue weighted by Crippen LogP contribution is -2.42. The molecule has 0 saturated carbocycles. The number of amides is 5. The lowest BCUT2D eigenvalue weighted by molar-refractivity contribution is -0.140. The number of halogens is 2. The lowest BCUT2D eigenvalue weighted by atomic mass is 10.2. The number of hydrogen-bond acceptors (Lipinski definition) is 15. The van der Waals surface area contributed by atoms with E-state index in [0.717, 1.165) is 5.01 Å². The van der Waals surface area contributed by atoms with Crippen LogP contribution in [0.2, 0.25) is 0 Å². The molecule has 0 aliphatic carbocycles. The molecule has 23 heteroatoms. The summed E-state index contributed by atoms with van der Waals surface area (Å²) in [6.07, 6.45) is 0.701. The van der Waals surface area contributed by atoms with Crippen LogP contribution in [0.25, 0.3) is 0 Å². The first-order valence-corrected chi connectivity index (χ1v) is 17.3. The summed E-state index contributed by atoms with van der Waals surface area (Å²) in [7, 11) is 0. The Labute approximate surface area is 324 Å². The van der Waals surface area contributed by atoms with E-state index in [1.807, 2.05) is 0 Å². The number of carboxylic acid groups (broad SMARTS) is 1. The number of hydrogen-bond donors (Lipinski definition) is 6. The average Bonchev–Trinajstić information content (AvgIpc) is 3.77. The third-order valence-corrected chi connectivity index (χ3v) is 8.20. The van der Waals surface area contributed by atoms with Gasteiger partial charge >= 0.3 is 18.2 Å². The van der Waals surface area contributed by atoms with Crippen LogP contribution in [-0.4, -0.2) is 147 Å². The van der Waals surface area contributed by atoms with Crippen LogP contribution < -0.4 is 35.7 Å². The van der Waals surface area contributed by atoms with Crippen LogP contribution in [-0.2, 0) is 28.7 Å². The molecule has 2 aromatic rings. The van der Waals surface area contributed by atoms with Crippen molar-refractivity contribution >= 4 is 71.3 Å². The summed E-state index contributed by atoms with van der Waals surface area (Å²) in [6.45, 7) is 3.94. The Morgan fingerprint density at radius 2 is 1.28 bits per heavy atom. The fraction of sp³-hybridized carbons (Fsp3) is 0.412. The highest BCUT2D eigenvalue weighted by molar-refractivity contribution is 5.92. The second kappa shape index (κ2) is 20.3. The number of rotatable bonds is 10. The van der Waals surface area contributed by atoms with E-state index >= 15 is 0 Å². The number of carbonyl (C=O) groups is 6. The van der Waals surface area contributed by atoms with Gasteiger partial charge in [0.2, 0.25) is 11.8 Å². The van der Waals surface area contributed by atoms with Gasteiger partial charge in [-0.15, -0.1) is 0 Å². The first-order valence-electron chi connectivity index (χ1n) is 17.3. The molecule has 6 rings (SSSR count). The van der Waals surface area contributed by atoms with E-state index in [0.29, 0.717) is 36.7 Å². The second-order valence-electron chi connectivity index (χ2n) is 12.4. The standard InChI is InChI=1S/C17H20FN5O5.C15H18FN5O3.C2H4O3/c1-11(25)19-7-13-8-22(17(27)28-13)12-2-3-15(14(18)6-12)21-4-5-23(20-10-21)16(26)9-24;1-10(22)17-7-12-8-21(15(23)24-12)11-2-3-14(13(16)6-11)20-5-4-18-19-9-20;3-1-2(4)5/h2-3,6,10,13,24H,4-5,7-9H2,1H3,(H,19,25);2-3,6,9,12,18H,4-5,7-8H2,1H3,(H,17,22);3H,1H2,(H,4,5)/t13-;12-;/m00./s1. The molecule has 21 nitrogen and oxygen atoms in total. The summed E-state index contributed by atoms with van der Waals surface area (Å²) in [5.74, 6) is -3.16. The van der Waals surface area contributed by atoms with Crippen molar-refractivity contribution in [2.45, 2.75) is 26.1 Å². The number of nitrogens with one attached hydrogen (secondary N) is 3. The van der Waals surface area contributed by atoms with E-state index in [4.69, 9.17) is 29.6 Å². The van der Waals surface area contributed by atoms with E-state index in [1.54, 1.807) is 23.1 Å². The highest BCUT2D eigenvalue weighted by Gasteiger charge is 2.34. The molecule has 2 fully saturated rings. The molecule has 2 aromatic carbocycles. The largest absolute Gasteiger partial charge is 0.480 e. The number of aliphatic carboxylic acids is 1. The molecular formula is C34H42F2N10O11. The Hall–Kier alpha value is -6.62. The highest BCUT2D eigenvalue weighted by Crippen LogP contribution is 2.29. The number of aliphatic hydroxyl groups is 2. The molecule has 4 aliphatic heterocycles. The fourth-order valence-corrected chi connectivity index (χ4v) is 5.47. The summed E-state index contributed by atoms with van der Waals surface area (Å²) in [6, 6.07) is 8.88. The minimum atomic E-state index is -1.19. The first-order chi connectivity index (χ1) is 27.2. The van der Waals surface area contributed by atoms with Crippen molar-refractivity contribution in [2.24, 2.45) is 10.2 Å². The lowest BCUT2D eigenvalue weighted by Gasteiger charge is -2.28.